The molecular formula is C21H27ClN2O3. The second kappa shape index (κ2) is 8.21. The summed E-state index contributed by atoms with van der Waals surface area (Å²) in [4.78, 5) is 7.19. The van der Waals surface area contributed by atoms with E-state index in [9.17, 15) is 0 Å². The van der Waals surface area contributed by atoms with Crippen LogP contribution in [0.25, 0.3) is 10.9 Å². The molecule has 1 aliphatic carbocycles. The topological polar surface area (TPSA) is 43.8 Å². The molecule has 0 spiro atoms. The average molecular weight is 391 g/mol. The van der Waals surface area contributed by atoms with Gasteiger partial charge in [0.1, 0.15) is 23.1 Å². The van der Waals surface area contributed by atoms with Crippen molar-refractivity contribution in [1.82, 2.24) is 9.88 Å². The lowest BCUT2D eigenvalue weighted by Crippen LogP contribution is -2.38. The number of rotatable bonds is 7. The Hall–Kier alpha value is -1.56. The normalized spacial score (nSPS) is 18.2. The molecule has 2 fully saturated rings. The Kier molecular flexibility index (Phi) is 5.71. The number of benzene rings is 1. The van der Waals surface area contributed by atoms with Gasteiger partial charge in [-0.05, 0) is 38.8 Å². The number of morpholine rings is 1. The lowest BCUT2D eigenvalue weighted by Gasteiger charge is -2.26. The number of hydrogen-bond donors (Lipinski definition) is 0. The van der Waals surface area contributed by atoms with Gasteiger partial charge in [0, 0.05) is 42.7 Å². The molecule has 4 rings (SSSR count). The van der Waals surface area contributed by atoms with Gasteiger partial charge in [0.05, 0.1) is 24.8 Å². The highest BCUT2D eigenvalue weighted by Crippen LogP contribution is 2.43. The van der Waals surface area contributed by atoms with Crippen LogP contribution in [0.15, 0.2) is 18.2 Å². The molecule has 2 heterocycles. The minimum absolute atomic E-state index is 0.103. The van der Waals surface area contributed by atoms with E-state index in [1.807, 2.05) is 26.0 Å². The SMILES string of the molecule is CC(C)Oc1cc(C2CC2)nc2c(Cl)c(OCCN3CCOCC3)ccc12. The Morgan fingerprint density at radius 1 is 1.22 bits per heavy atom. The van der Waals surface area contributed by atoms with Gasteiger partial charge >= 0.3 is 0 Å². The zero-order valence-electron chi connectivity index (χ0n) is 16.0. The first kappa shape index (κ1) is 18.8. The van der Waals surface area contributed by atoms with Crippen molar-refractivity contribution in [2.24, 2.45) is 0 Å². The van der Waals surface area contributed by atoms with Crippen LogP contribution in [-0.2, 0) is 4.74 Å². The van der Waals surface area contributed by atoms with Gasteiger partial charge in [-0.3, -0.25) is 9.88 Å². The number of halogens is 1. The van der Waals surface area contributed by atoms with Crippen LogP contribution in [0.2, 0.25) is 5.02 Å². The number of ether oxygens (including phenoxy) is 3. The molecule has 0 unspecified atom stereocenters. The molecule has 5 nitrogen and oxygen atoms in total. The molecule has 1 saturated heterocycles. The molecule has 0 N–H and O–H groups in total. The fourth-order valence-corrected chi connectivity index (χ4v) is 3.65. The van der Waals surface area contributed by atoms with Crippen molar-refractivity contribution in [3.63, 3.8) is 0 Å². The number of pyridine rings is 1. The van der Waals surface area contributed by atoms with Crippen molar-refractivity contribution in [2.75, 3.05) is 39.5 Å². The summed E-state index contributed by atoms with van der Waals surface area (Å²) in [7, 11) is 0. The molecule has 6 heteroatoms. The minimum atomic E-state index is 0.103. The quantitative estimate of drug-likeness (QED) is 0.706. The summed E-state index contributed by atoms with van der Waals surface area (Å²) in [5.41, 5.74) is 1.85. The third-order valence-corrected chi connectivity index (χ3v) is 5.36. The first-order chi connectivity index (χ1) is 13.1. The molecular weight excluding hydrogens is 364 g/mol. The monoisotopic (exact) mass is 390 g/mol. The third kappa shape index (κ3) is 4.48. The summed E-state index contributed by atoms with van der Waals surface area (Å²) < 4.78 is 17.4. The highest BCUT2D eigenvalue weighted by molar-refractivity contribution is 6.36. The zero-order chi connectivity index (χ0) is 18.8. The summed E-state index contributed by atoms with van der Waals surface area (Å²) in [5, 5.41) is 1.52. The predicted molar refractivity (Wildman–Crippen MR) is 107 cm³/mol. The zero-order valence-corrected chi connectivity index (χ0v) is 16.8. The molecule has 27 heavy (non-hydrogen) atoms. The van der Waals surface area contributed by atoms with Crippen molar-refractivity contribution >= 4 is 22.5 Å². The van der Waals surface area contributed by atoms with Gasteiger partial charge in [0.25, 0.3) is 0 Å². The fraction of sp³-hybridized carbons (Fsp3) is 0.571. The Labute approximate surface area is 165 Å². The second-order valence-electron chi connectivity index (χ2n) is 7.56. The highest BCUT2D eigenvalue weighted by atomic mass is 35.5. The largest absolute Gasteiger partial charge is 0.491 e. The van der Waals surface area contributed by atoms with Crippen LogP contribution in [0, 0.1) is 0 Å². The third-order valence-electron chi connectivity index (χ3n) is 4.99. The lowest BCUT2D eigenvalue weighted by atomic mass is 10.1. The lowest BCUT2D eigenvalue weighted by molar-refractivity contribution is 0.0322. The van der Waals surface area contributed by atoms with Gasteiger partial charge in [-0.25, -0.2) is 0 Å². The first-order valence-corrected chi connectivity index (χ1v) is 10.2. The summed E-state index contributed by atoms with van der Waals surface area (Å²) in [6.07, 6.45) is 2.48. The van der Waals surface area contributed by atoms with Crippen molar-refractivity contribution in [2.45, 2.75) is 38.7 Å². The van der Waals surface area contributed by atoms with Gasteiger partial charge in [0.15, 0.2) is 0 Å². The molecule has 1 aromatic heterocycles. The van der Waals surface area contributed by atoms with E-state index in [1.165, 1.54) is 12.8 Å². The molecule has 1 aliphatic heterocycles. The fourth-order valence-electron chi connectivity index (χ4n) is 3.39. The maximum Gasteiger partial charge on any atom is 0.140 e. The smallest absolute Gasteiger partial charge is 0.140 e. The molecule has 2 aromatic rings. The molecule has 1 aromatic carbocycles. The van der Waals surface area contributed by atoms with E-state index in [2.05, 4.69) is 11.0 Å². The Morgan fingerprint density at radius 2 is 2.00 bits per heavy atom. The Morgan fingerprint density at radius 3 is 2.70 bits per heavy atom. The number of nitrogens with zero attached hydrogens (tertiary/aromatic N) is 2. The van der Waals surface area contributed by atoms with Crippen molar-refractivity contribution < 1.29 is 14.2 Å². The molecule has 146 valence electrons. The predicted octanol–water partition coefficient (Wildman–Crippen LogP) is 4.26. The summed E-state index contributed by atoms with van der Waals surface area (Å²) in [6.45, 7) is 9.04. The second-order valence-corrected chi connectivity index (χ2v) is 7.94. The van der Waals surface area contributed by atoms with Crippen LogP contribution in [0.3, 0.4) is 0 Å². The van der Waals surface area contributed by atoms with Crippen molar-refractivity contribution in [1.29, 1.82) is 0 Å². The summed E-state index contributed by atoms with van der Waals surface area (Å²) in [6, 6.07) is 6.01. The van der Waals surface area contributed by atoms with Crippen LogP contribution >= 0.6 is 11.6 Å². The van der Waals surface area contributed by atoms with E-state index in [0.29, 0.717) is 23.3 Å². The Bertz CT molecular complexity index is 802. The van der Waals surface area contributed by atoms with Crippen LogP contribution in [-0.4, -0.2) is 55.4 Å². The van der Waals surface area contributed by atoms with Gasteiger partial charge in [-0.15, -0.1) is 0 Å². The first-order valence-electron chi connectivity index (χ1n) is 9.84. The van der Waals surface area contributed by atoms with Gasteiger partial charge in [-0.1, -0.05) is 11.6 Å². The molecule has 0 radical (unpaired) electrons. The minimum Gasteiger partial charge on any atom is -0.491 e. The van der Waals surface area contributed by atoms with Crippen LogP contribution in [0.5, 0.6) is 11.5 Å². The van der Waals surface area contributed by atoms with E-state index in [1.54, 1.807) is 0 Å². The van der Waals surface area contributed by atoms with E-state index in [-0.39, 0.29) is 6.10 Å². The number of hydrogen-bond acceptors (Lipinski definition) is 5. The molecule has 2 aliphatic rings. The van der Waals surface area contributed by atoms with Gasteiger partial charge in [0.2, 0.25) is 0 Å². The Balaban J connectivity index is 1.56. The average Bonchev–Trinajstić information content (AvgIpc) is 3.49. The highest BCUT2D eigenvalue weighted by Gasteiger charge is 2.27. The molecule has 0 atom stereocenters. The van der Waals surface area contributed by atoms with Gasteiger partial charge < -0.3 is 14.2 Å². The van der Waals surface area contributed by atoms with Gasteiger partial charge in [-0.2, -0.15) is 0 Å². The standard InChI is InChI=1S/C21H27ClN2O3/c1-14(2)27-19-13-17(15-3-4-15)23-21-16(19)5-6-18(20(21)22)26-12-9-24-7-10-25-11-8-24/h5-6,13-15H,3-4,7-12H2,1-2H3. The van der Waals surface area contributed by atoms with E-state index >= 15 is 0 Å². The van der Waals surface area contributed by atoms with E-state index in [0.717, 1.165) is 55.2 Å². The number of aromatic nitrogens is 1. The molecule has 0 bridgehead atoms. The summed E-state index contributed by atoms with van der Waals surface area (Å²) in [5.74, 6) is 2.08. The maximum absolute atomic E-state index is 6.69. The molecule has 0 amide bonds. The van der Waals surface area contributed by atoms with Crippen LogP contribution < -0.4 is 9.47 Å². The molecule has 1 saturated carbocycles. The van der Waals surface area contributed by atoms with Crippen molar-refractivity contribution in [3.8, 4) is 11.5 Å². The maximum atomic E-state index is 6.69. The van der Waals surface area contributed by atoms with Crippen LogP contribution in [0.4, 0.5) is 0 Å². The van der Waals surface area contributed by atoms with Crippen LogP contribution in [0.1, 0.15) is 38.3 Å². The van der Waals surface area contributed by atoms with Crippen molar-refractivity contribution in [3.05, 3.63) is 28.9 Å². The summed E-state index contributed by atoms with van der Waals surface area (Å²) >= 11 is 6.69. The number of fused-ring (bicyclic) bond motifs is 1. The van der Waals surface area contributed by atoms with E-state index in [4.69, 9.17) is 30.8 Å². The van der Waals surface area contributed by atoms with E-state index < -0.39 is 0 Å².